The lowest BCUT2D eigenvalue weighted by atomic mass is 10.2. The molecule has 2 N–H and O–H groups in total. The standard InChI is InChI=1S/C22H18BrFN4O5S/c23-16-10-20(33-14-5-7-25-12-14)19(11-17(16)24)28-18-3-2-15(9-13(18)1-4-22(28)29)34(30,31)27-21-6-8-32-26-21/h1-4,6,8-11,14,25H,5,7,12H2,(H,26,27)/t14-/m0/s1. The minimum absolute atomic E-state index is 0.0383. The Kier molecular flexibility index (Phi) is 5.88. The maximum atomic E-state index is 14.6. The second kappa shape index (κ2) is 8.85. The van der Waals surface area contributed by atoms with E-state index in [9.17, 15) is 17.6 Å². The fraction of sp³-hybridized carbons (Fsp3) is 0.182. The van der Waals surface area contributed by atoms with Gasteiger partial charge in [-0.3, -0.25) is 14.1 Å². The van der Waals surface area contributed by atoms with Crippen molar-refractivity contribution in [3.63, 3.8) is 0 Å². The molecule has 0 aliphatic carbocycles. The summed E-state index contributed by atoms with van der Waals surface area (Å²) in [5, 5.41) is 7.21. The lowest BCUT2D eigenvalue weighted by Crippen LogP contribution is -2.23. The Balaban J connectivity index is 1.63. The van der Waals surface area contributed by atoms with Gasteiger partial charge in [0.2, 0.25) is 0 Å². The number of sulfonamides is 1. The van der Waals surface area contributed by atoms with Crippen molar-refractivity contribution in [3.05, 3.63) is 75.4 Å². The first kappa shape index (κ1) is 22.6. The van der Waals surface area contributed by atoms with Crippen LogP contribution >= 0.6 is 15.9 Å². The first-order valence-electron chi connectivity index (χ1n) is 10.3. The number of hydrogen-bond donors (Lipinski definition) is 2. The van der Waals surface area contributed by atoms with E-state index in [1.807, 2.05) is 0 Å². The molecule has 12 heteroatoms. The van der Waals surface area contributed by atoms with Crippen molar-refractivity contribution in [2.75, 3.05) is 17.8 Å². The topological polar surface area (TPSA) is 115 Å². The molecule has 0 radical (unpaired) electrons. The fourth-order valence-corrected chi connectivity index (χ4v) is 5.15. The van der Waals surface area contributed by atoms with Gasteiger partial charge in [-0.1, -0.05) is 5.16 Å². The number of nitrogens with zero attached hydrogens (tertiary/aromatic N) is 2. The molecule has 0 saturated carbocycles. The number of fused-ring (bicyclic) bond motifs is 1. The lowest BCUT2D eigenvalue weighted by Gasteiger charge is -2.19. The van der Waals surface area contributed by atoms with E-state index in [0.29, 0.717) is 23.2 Å². The molecule has 1 fully saturated rings. The van der Waals surface area contributed by atoms with Crippen molar-refractivity contribution in [3.8, 4) is 11.4 Å². The minimum Gasteiger partial charge on any atom is -0.487 e. The van der Waals surface area contributed by atoms with Gasteiger partial charge >= 0.3 is 0 Å². The first-order chi connectivity index (χ1) is 16.3. The van der Waals surface area contributed by atoms with Crippen molar-refractivity contribution >= 4 is 42.7 Å². The van der Waals surface area contributed by atoms with Crippen LogP contribution < -0.4 is 20.3 Å². The highest BCUT2D eigenvalue weighted by atomic mass is 79.9. The van der Waals surface area contributed by atoms with Gasteiger partial charge in [0.1, 0.15) is 23.9 Å². The Morgan fingerprint density at radius 3 is 2.79 bits per heavy atom. The molecule has 1 saturated heterocycles. The van der Waals surface area contributed by atoms with Crippen molar-refractivity contribution in [2.24, 2.45) is 0 Å². The quantitative estimate of drug-likeness (QED) is 0.379. The summed E-state index contributed by atoms with van der Waals surface area (Å²) in [6.07, 6.45) is 1.90. The Morgan fingerprint density at radius 1 is 1.21 bits per heavy atom. The molecule has 3 heterocycles. The number of benzene rings is 2. The number of nitrogens with one attached hydrogen (secondary N) is 2. The Bertz CT molecular complexity index is 1530. The Morgan fingerprint density at radius 2 is 2.06 bits per heavy atom. The van der Waals surface area contributed by atoms with Crippen LogP contribution in [0.4, 0.5) is 10.2 Å². The number of halogens is 2. The molecule has 1 atom stereocenters. The smallest absolute Gasteiger partial charge is 0.263 e. The molecule has 0 spiro atoms. The van der Waals surface area contributed by atoms with Gasteiger partial charge in [-0.15, -0.1) is 0 Å². The van der Waals surface area contributed by atoms with Gasteiger partial charge in [-0.2, -0.15) is 0 Å². The summed E-state index contributed by atoms with van der Waals surface area (Å²) in [6.45, 7) is 1.44. The van der Waals surface area contributed by atoms with Gasteiger partial charge in [-0.25, -0.2) is 12.8 Å². The molecule has 0 amide bonds. The molecule has 1 aliphatic rings. The van der Waals surface area contributed by atoms with Crippen molar-refractivity contribution in [2.45, 2.75) is 17.4 Å². The van der Waals surface area contributed by atoms with Crippen molar-refractivity contribution in [1.29, 1.82) is 0 Å². The van der Waals surface area contributed by atoms with Gasteiger partial charge in [0, 0.05) is 30.1 Å². The van der Waals surface area contributed by atoms with Crippen LogP contribution in [0, 0.1) is 5.82 Å². The van der Waals surface area contributed by atoms with E-state index in [1.54, 1.807) is 0 Å². The van der Waals surface area contributed by atoms with Crippen LogP contribution in [0.1, 0.15) is 6.42 Å². The van der Waals surface area contributed by atoms with Gasteiger partial charge < -0.3 is 14.6 Å². The summed E-state index contributed by atoms with van der Waals surface area (Å²) in [6, 6.07) is 11.2. The maximum Gasteiger partial charge on any atom is 0.263 e. The maximum absolute atomic E-state index is 14.6. The van der Waals surface area contributed by atoms with Crippen LogP contribution in [0.15, 0.2) is 73.5 Å². The molecule has 5 rings (SSSR count). The number of anilines is 1. The lowest BCUT2D eigenvalue weighted by molar-refractivity contribution is 0.222. The molecule has 2 aromatic heterocycles. The molecule has 2 aromatic carbocycles. The van der Waals surface area contributed by atoms with Crippen LogP contribution in [0.2, 0.25) is 0 Å². The summed E-state index contributed by atoms with van der Waals surface area (Å²) in [5.41, 5.74) is 0.198. The highest BCUT2D eigenvalue weighted by Crippen LogP contribution is 2.32. The van der Waals surface area contributed by atoms with Crippen molar-refractivity contribution in [1.82, 2.24) is 15.0 Å². The third-order valence-corrected chi connectivity index (χ3v) is 7.36. The molecular weight excluding hydrogens is 531 g/mol. The Hall–Kier alpha value is -3.22. The Labute approximate surface area is 201 Å². The second-order valence-corrected chi connectivity index (χ2v) is 10.2. The molecular formula is C22H18BrFN4O5S. The van der Waals surface area contributed by atoms with Gasteiger partial charge in [0.15, 0.2) is 5.82 Å². The largest absolute Gasteiger partial charge is 0.487 e. The summed E-state index contributed by atoms with van der Waals surface area (Å²) in [5.74, 6) is -0.189. The highest BCUT2D eigenvalue weighted by Gasteiger charge is 2.22. The number of ether oxygens (including phenoxy) is 1. The third kappa shape index (κ3) is 4.31. The van der Waals surface area contributed by atoms with Gasteiger partial charge in [-0.05, 0) is 59.2 Å². The minimum atomic E-state index is -3.96. The normalized spacial score (nSPS) is 16.1. The fourth-order valence-electron chi connectivity index (χ4n) is 3.80. The summed E-state index contributed by atoms with van der Waals surface area (Å²) in [7, 11) is -3.96. The van der Waals surface area contributed by atoms with Crippen LogP contribution in [0.25, 0.3) is 16.6 Å². The van der Waals surface area contributed by atoms with E-state index in [-0.39, 0.29) is 27.0 Å². The number of pyridine rings is 1. The van der Waals surface area contributed by atoms with Crippen LogP contribution in [-0.4, -0.2) is 37.3 Å². The number of rotatable bonds is 6. The van der Waals surface area contributed by atoms with E-state index < -0.39 is 21.4 Å². The van der Waals surface area contributed by atoms with Crippen molar-refractivity contribution < 1.29 is 22.1 Å². The van der Waals surface area contributed by atoms with E-state index in [1.165, 1.54) is 59.4 Å². The van der Waals surface area contributed by atoms with Crippen LogP contribution in [-0.2, 0) is 10.0 Å². The molecule has 4 aromatic rings. The first-order valence-corrected chi connectivity index (χ1v) is 12.6. The predicted octanol–water partition coefficient (Wildman–Crippen LogP) is 3.42. The van der Waals surface area contributed by atoms with Crippen LogP contribution in [0.3, 0.4) is 0 Å². The summed E-state index contributed by atoms with van der Waals surface area (Å²) >= 11 is 3.18. The van der Waals surface area contributed by atoms with E-state index in [2.05, 4.69) is 35.6 Å². The predicted molar refractivity (Wildman–Crippen MR) is 126 cm³/mol. The zero-order valence-electron chi connectivity index (χ0n) is 17.5. The van der Waals surface area contributed by atoms with E-state index in [4.69, 9.17) is 4.74 Å². The third-order valence-electron chi connectivity index (χ3n) is 5.40. The van der Waals surface area contributed by atoms with Crippen LogP contribution in [0.5, 0.6) is 5.75 Å². The summed E-state index contributed by atoms with van der Waals surface area (Å²) < 4.78 is 54.7. The molecule has 176 valence electrons. The molecule has 34 heavy (non-hydrogen) atoms. The average Bonchev–Trinajstić information content (AvgIpc) is 3.50. The van der Waals surface area contributed by atoms with Gasteiger partial charge in [0.05, 0.1) is 20.6 Å². The highest BCUT2D eigenvalue weighted by molar-refractivity contribution is 9.10. The number of hydrogen-bond acceptors (Lipinski definition) is 7. The number of aromatic nitrogens is 2. The van der Waals surface area contributed by atoms with E-state index in [0.717, 1.165) is 13.0 Å². The SMILES string of the molecule is O=c1ccc2cc(S(=O)(=O)Nc3ccon3)ccc2n1-c1cc(F)c(Br)cc1O[C@H]1CCNC1. The molecule has 1 aliphatic heterocycles. The monoisotopic (exact) mass is 548 g/mol. The van der Waals surface area contributed by atoms with Gasteiger partial charge in [0.25, 0.3) is 15.6 Å². The molecule has 0 unspecified atom stereocenters. The second-order valence-electron chi connectivity index (χ2n) is 7.68. The zero-order valence-corrected chi connectivity index (χ0v) is 19.9. The van der Waals surface area contributed by atoms with E-state index >= 15 is 0 Å². The zero-order chi connectivity index (χ0) is 23.9. The summed E-state index contributed by atoms with van der Waals surface area (Å²) in [4.78, 5) is 12.9. The molecule has 0 bridgehead atoms. The average molecular weight is 549 g/mol. The molecule has 9 nitrogen and oxygen atoms in total.